The highest BCUT2D eigenvalue weighted by atomic mass is 35.5. The molecule has 124 valence electrons. The van der Waals surface area contributed by atoms with E-state index in [4.69, 9.17) is 11.6 Å². The molecule has 0 aliphatic carbocycles. The summed E-state index contributed by atoms with van der Waals surface area (Å²) in [6.07, 6.45) is 0. The van der Waals surface area contributed by atoms with E-state index >= 15 is 0 Å². The fraction of sp³-hybridized carbons (Fsp3) is 0.0625. The molecule has 0 amide bonds. The molecule has 0 spiro atoms. The number of carboxylic acid groups (broad SMARTS) is 1. The van der Waals surface area contributed by atoms with Crippen LogP contribution >= 0.6 is 22.9 Å². The molecule has 24 heavy (non-hydrogen) atoms. The first-order chi connectivity index (χ1) is 11.3. The first-order valence-corrected chi connectivity index (χ1v) is 7.69. The zero-order chi connectivity index (χ0) is 17.6. The fourth-order valence-corrected chi connectivity index (χ4v) is 3.75. The summed E-state index contributed by atoms with van der Waals surface area (Å²) in [6, 6.07) is 5.04. The molecule has 1 heterocycles. The summed E-state index contributed by atoms with van der Waals surface area (Å²) in [5, 5.41) is 12.1. The monoisotopic (exact) mass is 371 g/mol. The minimum atomic E-state index is -1.56. The maximum atomic E-state index is 14.6. The standard InChI is InChI=1S/C16H8ClF3O3S/c1-23-14-12(19)8(5-9(18)13(14)20)11-7-3-2-6(17)4-10(7)24-15(11)16(21)22/h2-5H,1H3,(H,21,22)/p-1. The van der Waals surface area contributed by atoms with Crippen molar-refractivity contribution in [1.82, 2.24) is 0 Å². The van der Waals surface area contributed by atoms with E-state index in [9.17, 15) is 23.1 Å². The Kier molecular flexibility index (Phi) is 4.15. The lowest BCUT2D eigenvalue weighted by Gasteiger charge is -2.11. The number of carboxylic acids is 1. The van der Waals surface area contributed by atoms with Crippen LogP contribution < -0.4 is 9.84 Å². The normalized spacial score (nSPS) is 11.0. The SMILES string of the molecule is COc1c(F)c(F)cc(-c2c(C(=O)[O-])sc3cc(Cl)ccc23)c1F. The summed E-state index contributed by atoms with van der Waals surface area (Å²) in [6.45, 7) is 0. The smallest absolute Gasteiger partial charge is 0.203 e. The predicted molar refractivity (Wildman–Crippen MR) is 83.0 cm³/mol. The number of halogens is 4. The Bertz CT molecular complexity index is 985. The van der Waals surface area contributed by atoms with Gasteiger partial charge >= 0.3 is 0 Å². The summed E-state index contributed by atoms with van der Waals surface area (Å²) in [5.74, 6) is -6.54. The van der Waals surface area contributed by atoms with E-state index in [-0.39, 0.29) is 10.4 Å². The second-order valence-electron chi connectivity index (χ2n) is 4.80. The molecular weight excluding hydrogens is 365 g/mol. The second-order valence-corrected chi connectivity index (χ2v) is 6.29. The molecular formula is C16H7ClF3O3S-. The fourth-order valence-electron chi connectivity index (χ4n) is 2.42. The Morgan fingerprint density at radius 3 is 2.54 bits per heavy atom. The van der Waals surface area contributed by atoms with E-state index < -0.39 is 34.7 Å². The molecule has 3 aromatic rings. The quantitative estimate of drug-likeness (QED) is 0.654. The molecule has 0 fully saturated rings. The van der Waals surface area contributed by atoms with E-state index in [1.165, 1.54) is 18.2 Å². The van der Waals surface area contributed by atoms with Crippen LogP contribution in [0, 0.1) is 17.5 Å². The molecule has 0 unspecified atom stereocenters. The first-order valence-electron chi connectivity index (χ1n) is 6.50. The van der Waals surface area contributed by atoms with Gasteiger partial charge in [0.05, 0.1) is 18.0 Å². The number of hydrogen-bond acceptors (Lipinski definition) is 4. The summed E-state index contributed by atoms with van der Waals surface area (Å²) in [5.41, 5.74) is -0.542. The number of aromatic carboxylic acids is 1. The molecule has 0 atom stereocenters. The summed E-state index contributed by atoms with van der Waals surface area (Å²) in [7, 11) is 0.982. The Balaban J connectivity index is 2.44. The highest BCUT2D eigenvalue weighted by Crippen LogP contribution is 2.43. The van der Waals surface area contributed by atoms with Gasteiger partial charge in [-0.3, -0.25) is 0 Å². The lowest BCUT2D eigenvalue weighted by atomic mass is 10.0. The lowest BCUT2D eigenvalue weighted by Crippen LogP contribution is -2.21. The second kappa shape index (κ2) is 5.99. The van der Waals surface area contributed by atoms with Gasteiger partial charge in [-0.05, 0) is 18.2 Å². The highest BCUT2D eigenvalue weighted by Gasteiger charge is 2.25. The van der Waals surface area contributed by atoms with Crippen LogP contribution in [0.3, 0.4) is 0 Å². The minimum Gasteiger partial charge on any atom is -0.544 e. The lowest BCUT2D eigenvalue weighted by molar-refractivity contribution is -0.254. The number of thiophene rings is 1. The minimum absolute atomic E-state index is 0.110. The molecule has 0 radical (unpaired) electrons. The van der Waals surface area contributed by atoms with Gasteiger partial charge in [0, 0.05) is 26.2 Å². The number of fused-ring (bicyclic) bond motifs is 1. The molecule has 0 aliphatic rings. The Morgan fingerprint density at radius 1 is 1.21 bits per heavy atom. The van der Waals surface area contributed by atoms with Crippen molar-refractivity contribution in [2.24, 2.45) is 0 Å². The van der Waals surface area contributed by atoms with Gasteiger partial charge in [0.25, 0.3) is 0 Å². The van der Waals surface area contributed by atoms with Crippen LogP contribution in [0.2, 0.25) is 5.02 Å². The van der Waals surface area contributed by atoms with Gasteiger partial charge in [0.2, 0.25) is 5.82 Å². The Morgan fingerprint density at radius 2 is 1.92 bits per heavy atom. The molecule has 1 aromatic heterocycles. The molecule has 0 saturated heterocycles. The summed E-state index contributed by atoms with van der Waals surface area (Å²) in [4.78, 5) is 11.1. The number of benzene rings is 2. The maximum absolute atomic E-state index is 14.6. The van der Waals surface area contributed by atoms with Gasteiger partial charge in [-0.1, -0.05) is 17.7 Å². The van der Waals surface area contributed by atoms with Crippen molar-refractivity contribution in [3.05, 3.63) is 51.6 Å². The van der Waals surface area contributed by atoms with Gasteiger partial charge in [0.1, 0.15) is 0 Å². The predicted octanol–water partition coefficient (Wildman–Crippen LogP) is 4.01. The third-order valence-electron chi connectivity index (χ3n) is 3.43. The van der Waals surface area contributed by atoms with E-state index in [0.29, 0.717) is 21.2 Å². The van der Waals surface area contributed by atoms with Crippen molar-refractivity contribution in [2.75, 3.05) is 7.11 Å². The van der Waals surface area contributed by atoms with Gasteiger partial charge in [-0.25, -0.2) is 8.78 Å². The van der Waals surface area contributed by atoms with Gasteiger partial charge in [0.15, 0.2) is 17.4 Å². The first kappa shape index (κ1) is 16.6. The van der Waals surface area contributed by atoms with Crippen molar-refractivity contribution >= 4 is 39.0 Å². The molecule has 0 bridgehead atoms. The van der Waals surface area contributed by atoms with E-state index in [0.717, 1.165) is 18.4 Å². The molecule has 3 nitrogen and oxygen atoms in total. The van der Waals surface area contributed by atoms with Crippen LogP contribution in [0.25, 0.3) is 21.2 Å². The number of ether oxygens (including phenoxy) is 1. The van der Waals surface area contributed by atoms with Crippen LogP contribution in [-0.2, 0) is 0 Å². The number of carbonyl (C=O) groups is 1. The van der Waals surface area contributed by atoms with Crippen molar-refractivity contribution < 1.29 is 27.8 Å². The van der Waals surface area contributed by atoms with Crippen molar-refractivity contribution in [2.45, 2.75) is 0 Å². The largest absolute Gasteiger partial charge is 0.544 e. The van der Waals surface area contributed by atoms with Crippen LogP contribution in [0.5, 0.6) is 5.75 Å². The Hall–Kier alpha value is -2.25. The number of rotatable bonds is 3. The number of methoxy groups -OCH3 is 1. The summed E-state index contributed by atoms with van der Waals surface area (Å²) < 4.78 is 47.0. The zero-order valence-corrected chi connectivity index (χ0v) is 13.5. The molecule has 3 rings (SSSR count). The summed E-state index contributed by atoms with van der Waals surface area (Å²) >= 11 is 6.67. The van der Waals surface area contributed by atoms with Crippen LogP contribution in [0.4, 0.5) is 13.2 Å². The van der Waals surface area contributed by atoms with Crippen LogP contribution in [0.1, 0.15) is 9.67 Å². The van der Waals surface area contributed by atoms with Crippen molar-refractivity contribution in [3.8, 4) is 16.9 Å². The van der Waals surface area contributed by atoms with Gasteiger partial charge in [-0.15, -0.1) is 11.3 Å². The molecule has 8 heteroatoms. The highest BCUT2D eigenvalue weighted by molar-refractivity contribution is 7.21. The van der Waals surface area contributed by atoms with E-state index in [2.05, 4.69) is 4.74 Å². The van der Waals surface area contributed by atoms with Crippen LogP contribution in [0.15, 0.2) is 24.3 Å². The van der Waals surface area contributed by atoms with Crippen molar-refractivity contribution in [3.63, 3.8) is 0 Å². The molecule has 0 saturated carbocycles. The average molecular weight is 372 g/mol. The van der Waals surface area contributed by atoms with Crippen LogP contribution in [-0.4, -0.2) is 13.1 Å². The number of carbonyl (C=O) groups excluding carboxylic acids is 1. The molecule has 0 N–H and O–H groups in total. The number of hydrogen-bond donors (Lipinski definition) is 0. The van der Waals surface area contributed by atoms with E-state index in [1.54, 1.807) is 0 Å². The van der Waals surface area contributed by atoms with Gasteiger partial charge < -0.3 is 14.6 Å². The molecule has 2 aromatic carbocycles. The van der Waals surface area contributed by atoms with Crippen molar-refractivity contribution in [1.29, 1.82) is 0 Å². The topological polar surface area (TPSA) is 49.4 Å². The third-order valence-corrected chi connectivity index (χ3v) is 4.79. The maximum Gasteiger partial charge on any atom is 0.203 e. The van der Waals surface area contributed by atoms with Gasteiger partial charge in [-0.2, -0.15) is 4.39 Å². The molecule has 0 aliphatic heterocycles. The average Bonchev–Trinajstić information content (AvgIpc) is 2.90. The third kappa shape index (κ3) is 2.50. The Labute approximate surface area is 142 Å². The zero-order valence-electron chi connectivity index (χ0n) is 12.0. The van der Waals surface area contributed by atoms with E-state index in [1.807, 2.05) is 0 Å².